The zero-order valence-corrected chi connectivity index (χ0v) is 11.4. The van der Waals surface area contributed by atoms with Crippen LogP contribution in [0.15, 0.2) is 29.2 Å². The summed E-state index contributed by atoms with van der Waals surface area (Å²) in [7, 11) is 0. The Balaban J connectivity index is 2.09. The van der Waals surface area contributed by atoms with Gasteiger partial charge in [-0.15, -0.1) is 11.8 Å². The van der Waals surface area contributed by atoms with Gasteiger partial charge in [-0.2, -0.15) is 5.26 Å². The smallest absolute Gasteiger partial charge is 0.244 e. The Morgan fingerprint density at radius 1 is 1.56 bits per heavy atom. The van der Waals surface area contributed by atoms with Crippen LogP contribution in [0.3, 0.4) is 0 Å². The Bertz CT molecular complexity index is 501. The molecule has 0 radical (unpaired) electrons. The lowest BCUT2D eigenvalue weighted by molar-refractivity contribution is -0.128. The molecule has 0 bridgehead atoms. The molecule has 0 heterocycles. The van der Waals surface area contributed by atoms with Crippen molar-refractivity contribution in [2.75, 3.05) is 11.6 Å². The van der Waals surface area contributed by atoms with Gasteiger partial charge in [0.1, 0.15) is 5.41 Å². The van der Waals surface area contributed by atoms with Gasteiger partial charge in [0.25, 0.3) is 0 Å². The summed E-state index contributed by atoms with van der Waals surface area (Å²) in [6, 6.07) is 9.85. The summed E-state index contributed by atoms with van der Waals surface area (Å²) in [5, 5.41) is 12.0. The van der Waals surface area contributed by atoms with Crippen LogP contribution in [0.4, 0.5) is 5.69 Å². The van der Waals surface area contributed by atoms with Crippen molar-refractivity contribution in [2.24, 2.45) is 11.3 Å². The lowest BCUT2D eigenvalue weighted by atomic mass is 9.63. The largest absolute Gasteiger partial charge is 0.325 e. The number of nitrogens with zero attached hydrogens (tertiary/aromatic N) is 1. The van der Waals surface area contributed by atoms with E-state index in [4.69, 9.17) is 0 Å². The first-order valence-electron chi connectivity index (χ1n) is 5.96. The van der Waals surface area contributed by atoms with Crippen LogP contribution >= 0.6 is 11.8 Å². The van der Waals surface area contributed by atoms with Gasteiger partial charge >= 0.3 is 0 Å². The molecule has 94 valence electrons. The van der Waals surface area contributed by atoms with E-state index < -0.39 is 5.41 Å². The van der Waals surface area contributed by atoms with E-state index in [1.807, 2.05) is 30.5 Å². The molecule has 3 nitrogen and oxygen atoms in total. The van der Waals surface area contributed by atoms with E-state index in [-0.39, 0.29) is 5.91 Å². The Kier molecular flexibility index (Phi) is 3.63. The van der Waals surface area contributed by atoms with Crippen LogP contribution < -0.4 is 5.32 Å². The van der Waals surface area contributed by atoms with Crippen molar-refractivity contribution in [3.8, 4) is 6.07 Å². The van der Waals surface area contributed by atoms with E-state index in [1.54, 1.807) is 11.8 Å². The average molecular weight is 260 g/mol. The summed E-state index contributed by atoms with van der Waals surface area (Å²) in [5.74, 6) is 0.300. The molecule has 0 spiro atoms. The van der Waals surface area contributed by atoms with Gasteiger partial charge in [0.2, 0.25) is 5.91 Å². The summed E-state index contributed by atoms with van der Waals surface area (Å²) >= 11 is 1.63. The minimum atomic E-state index is -0.811. The number of rotatable bonds is 3. The van der Waals surface area contributed by atoms with Gasteiger partial charge in [0, 0.05) is 10.6 Å². The first-order chi connectivity index (χ1) is 8.59. The van der Waals surface area contributed by atoms with Gasteiger partial charge in [-0.25, -0.2) is 0 Å². The third-order valence-electron chi connectivity index (χ3n) is 3.37. The monoisotopic (exact) mass is 260 g/mol. The van der Waals surface area contributed by atoms with Gasteiger partial charge in [0.15, 0.2) is 0 Å². The van der Waals surface area contributed by atoms with Gasteiger partial charge in [0.05, 0.1) is 6.07 Å². The standard InChI is InChI=1S/C14H16N2OS/c1-10-7-14(8-10,9-15)13(17)16-11-4-3-5-12(6-11)18-2/h3-6,10H,7-8H2,1-2H3,(H,16,17). The molecule has 0 aromatic heterocycles. The maximum Gasteiger partial charge on any atom is 0.244 e. The third kappa shape index (κ3) is 2.37. The van der Waals surface area contributed by atoms with Crippen LogP contribution in [-0.4, -0.2) is 12.2 Å². The molecule has 1 amide bonds. The highest BCUT2D eigenvalue weighted by atomic mass is 32.2. The minimum absolute atomic E-state index is 0.165. The Labute approximate surface area is 112 Å². The summed E-state index contributed by atoms with van der Waals surface area (Å²) in [6.07, 6.45) is 3.32. The molecule has 0 unspecified atom stereocenters. The molecule has 1 aromatic carbocycles. The quantitative estimate of drug-likeness (QED) is 0.848. The predicted octanol–water partition coefficient (Wildman–Crippen LogP) is 3.29. The fourth-order valence-electron chi connectivity index (χ4n) is 2.41. The summed E-state index contributed by atoms with van der Waals surface area (Å²) in [6.45, 7) is 2.07. The Morgan fingerprint density at radius 2 is 2.28 bits per heavy atom. The Hall–Kier alpha value is -1.47. The maximum atomic E-state index is 12.2. The van der Waals surface area contributed by atoms with Crippen LogP contribution in [0.25, 0.3) is 0 Å². The maximum absolute atomic E-state index is 12.2. The topological polar surface area (TPSA) is 52.9 Å². The molecule has 4 heteroatoms. The summed E-state index contributed by atoms with van der Waals surface area (Å²) in [5.41, 5.74) is -0.0459. The van der Waals surface area contributed by atoms with E-state index >= 15 is 0 Å². The van der Waals surface area contributed by atoms with Crippen LogP contribution in [0.2, 0.25) is 0 Å². The highest BCUT2D eigenvalue weighted by Crippen LogP contribution is 2.45. The average Bonchev–Trinajstić information content (AvgIpc) is 2.34. The van der Waals surface area contributed by atoms with Crippen molar-refractivity contribution in [1.82, 2.24) is 0 Å². The van der Waals surface area contributed by atoms with E-state index in [9.17, 15) is 10.1 Å². The third-order valence-corrected chi connectivity index (χ3v) is 4.10. The number of nitriles is 1. The highest BCUT2D eigenvalue weighted by molar-refractivity contribution is 7.98. The van der Waals surface area contributed by atoms with Crippen molar-refractivity contribution >= 4 is 23.4 Å². The second-order valence-electron chi connectivity index (χ2n) is 4.89. The number of carbonyl (C=O) groups is 1. The van der Waals surface area contributed by atoms with Crippen molar-refractivity contribution < 1.29 is 4.79 Å². The molecule has 1 N–H and O–H groups in total. The van der Waals surface area contributed by atoms with E-state index in [0.717, 1.165) is 10.6 Å². The number of hydrogen-bond donors (Lipinski definition) is 1. The fraction of sp³-hybridized carbons (Fsp3) is 0.429. The van der Waals surface area contributed by atoms with Crippen molar-refractivity contribution in [2.45, 2.75) is 24.7 Å². The SMILES string of the molecule is CSc1cccc(NC(=O)C2(C#N)CC(C)C2)c1. The number of amides is 1. The van der Waals surface area contributed by atoms with Crippen LogP contribution in [0.1, 0.15) is 19.8 Å². The predicted molar refractivity (Wildman–Crippen MR) is 73.3 cm³/mol. The molecule has 1 aliphatic carbocycles. The van der Waals surface area contributed by atoms with E-state index in [1.165, 1.54) is 0 Å². The zero-order chi connectivity index (χ0) is 13.2. The molecule has 0 atom stereocenters. The second-order valence-corrected chi connectivity index (χ2v) is 5.77. The van der Waals surface area contributed by atoms with Crippen LogP contribution in [0, 0.1) is 22.7 Å². The first-order valence-corrected chi connectivity index (χ1v) is 7.19. The number of hydrogen-bond acceptors (Lipinski definition) is 3. The normalized spacial score (nSPS) is 25.9. The molecular weight excluding hydrogens is 244 g/mol. The number of benzene rings is 1. The van der Waals surface area contributed by atoms with Gasteiger partial charge in [-0.05, 0) is 43.2 Å². The molecular formula is C14H16N2OS. The second kappa shape index (κ2) is 5.03. The fourth-order valence-corrected chi connectivity index (χ4v) is 2.87. The Morgan fingerprint density at radius 3 is 2.83 bits per heavy atom. The minimum Gasteiger partial charge on any atom is -0.325 e. The number of carbonyl (C=O) groups excluding carboxylic acids is 1. The molecule has 2 rings (SSSR count). The number of anilines is 1. The molecule has 1 fully saturated rings. The molecule has 1 aliphatic rings. The van der Waals surface area contributed by atoms with Crippen molar-refractivity contribution in [1.29, 1.82) is 5.26 Å². The summed E-state index contributed by atoms with van der Waals surface area (Å²) in [4.78, 5) is 13.3. The van der Waals surface area contributed by atoms with Gasteiger partial charge < -0.3 is 5.32 Å². The molecule has 1 aromatic rings. The van der Waals surface area contributed by atoms with Crippen LogP contribution in [0.5, 0.6) is 0 Å². The van der Waals surface area contributed by atoms with Crippen molar-refractivity contribution in [3.05, 3.63) is 24.3 Å². The molecule has 18 heavy (non-hydrogen) atoms. The number of nitrogens with one attached hydrogen (secondary N) is 1. The zero-order valence-electron chi connectivity index (χ0n) is 10.6. The number of thioether (sulfide) groups is 1. The molecule has 1 saturated carbocycles. The van der Waals surface area contributed by atoms with Crippen molar-refractivity contribution in [3.63, 3.8) is 0 Å². The van der Waals surface area contributed by atoms with Gasteiger partial charge in [-0.1, -0.05) is 13.0 Å². The van der Waals surface area contributed by atoms with E-state index in [0.29, 0.717) is 18.8 Å². The lowest BCUT2D eigenvalue weighted by Gasteiger charge is -2.39. The van der Waals surface area contributed by atoms with E-state index in [2.05, 4.69) is 18.3 Å². The van der Waals surface area contributed by atoms with Gasteiger partial charge in [-0.3, -0.25) is 4.79 Å². The summed E-state index contributed by atoms with van der Waals surface area (Å²) < 4.78 is 0. The highest BCUT2D eigenvalue weighted by Gasteiger charge is 2.48. The molecule has 0 saturated heterocycles. The lowest BCUT2D eigenvalue weighted by Crippen LogP contribution is -2.45. The van der Waals surface area contributed by atoms with Crippen LogP contribution in [-0.2, 0) is 4.79 Å². The first kappa shape index (κ1) is 13.0. The molecule has 0 aliphatic heterocycles.